The van der Waals surface area contributed by atoms with Crippen molar-refractivity contribution >= 4 is 5.91 Å². The van der Waals surface area contributed by atoms with E-state index in [-0.39, 0.29) is 5.91 Å². The molecule has 0 saturated carbocycles. The normalized spacial score (nSPS) is 11.5. The molecule has 0 aliphatic heterocycles. The summed E-state index contributed by atoms with van der Waals surface area (Å²) < 4.78 is 1.96. The summed E-state index contributed by atoms with van der Waals surface area (Å²) in [6, 6.07) is 1.99. The first-order chi connectivity index (χ1) is 6.95. The Hall–Kier alpha value is -1.29. The second kappa shape index (κ2) is 4.49. The van der Waals surface area contributed by atoms with Crippen molar-refractivity contribution in [3.05, 3.63) is 24.0 Å². The van der Waals surface area contributed by atoms with E-state index in [1.807, 2.05) is 43.9 Å². The zero-order valence-corrected chi connectivity index (χ0v) is 9.79. The van der Waals surface area contributed by atoms with Gasteiger partial charge in [-0.2, -0.15) is 0 Å². The molecule has 84 valence electrons. The lowest BCUT2D eigenvalue weighted by Crippen LogP contribution is -2.50. The monoisotopic (exact) mass is 209 g/mol. The molecule has 0 aromatic carbocycles. The lowest BCUT2D eigenvalue weighted by atomic mass is 10.1. The van der Waals surface area contributed by atoms with Crippen LogP contribution in [0.1, 0.15) is 19.4 Å². The summed E-state index contributed by atoms with van der Waals surface area (Å²) in [4.78, 5) is 11.7. The average molecular weight is 209 g/mol. The number of likely N-dealkylation sites (N-methyl/N-ethyl adjacent to an activating group) is 1. The van der Waals surface area contributed by atoms with Crippen molar-refractivity contribution in [1.82, 2.24) is 15.2 Å². The second-order valence-electron chi connectivity index (χ2n) is 4.24. The molecule has 0 bridgehead atoms. The average Bonchev–Trinajstić information content (AvgIpc) is 2.60. The highest BCUT2D eigenvalue weighted by atomic mass is 16.2. The van der Waals surface area contributed by atoms with Gasteiger partial charge in [-0.05, 0) is 32.5 Å². The predicted octanol–water partition coefficient (Wildman–Crippen LogP) is 0.639. The van der Waals surface area contributed by atoms with Crippen molar-refractivity contribution in [3.63, 3.8) is 0 Å². The van der Waals surface area contributed by atoms with Crippen LogP contribution in [0.3, 0.4) is 0 Å². The first-order valence-corrected chi connectivity index (χ1v) is 5.04. The third-order valence-corrected chi connectivity index (χ3v) is 2.54. The lowest BCUT2D eigenvalue weighted by Gasteiger charge is -2.22. The van der Waals surface area contributed by atoms with Gasteiger partial charge < -0.3 is 15.2 Å². The second-order valence-corrected chi connectivity index (χ2v) is 4.24. The highest BCUT2D eigenvalue weighted by molar-refractivity contribution is 5.85. The fourth-order valence-corrected chi connectivity index (χ4v) is 1.18. The van der Waals surface area contributed by atoms with E-state index in [1.54, 1.807) is 7.05 Å². The number of rotatable bonds is 4. The van der Waals surface area contributed by atoms with Gasteiger partial charge in [0, 0.05) is 26.0 Å². The number of amides is 1. The Morgan fingerprint density at radius 2 is 2.20 bits per heavy atom. The number of hydrogen-bond acceptors (Lipinski definition) is 2. The molecule has 1 aromatic rings. The Labute approximate surface area is 90.7 Å². The lowest BCUT2D eigenvalue weighted by molar-refractivity contribution is -0.126. The standard InChI is InChI=1S/C11H19N3O/c1-11(2,12-3)10(15)13-7-9-5-6-14(4)8-9/h5-6,8,12H,7H2,1-4H3,(H,13,15). The molecule has 0 saturated heterocycles. The van der Waals surface area contributed by atoms with Crippen LogP contribution in [0.4, 0.5) is 0 Å². The van der Waals surface area contributed by atoms with Crippen LogP contribution < -0.4 is 10.6 Å². The fraction of sp³-hybridized carbons (Fsp3) is 0.545. The van der Waals surface area contributed by atoms with E-state index >= 15 is 0 Å². The minimum absolute atomic E-state index is 0.00820. The molecule has 4 heteroatoms. The number of carbonyl (C=O) groups is 1. The molecule has 0 unspecified atom stereocenters. The van der Waals surface area contributed by atoms with Gasteiger partial charge in [-0.1, -0.05) is 0 Å². The molecule has 0 aliphatic rings. The minimum Gasteiger partial charge on any atom is -0.357 e. The zero-order valence-electron chi connectivity index (χ0n) is 9.79. The third-order valence-electron chi connectivity index (χ3n) is 2.54. The Kier molecular flexibility index (Phi) is 3.52. The summed E-state index contributed by atoms with van der Waals surface area (Å²) in [5.41, 5.74) is 0.590. The van der Waals surface area contributed by atoms with Crippen molar-refractivity contribution in [2.24, 2.45) is 7.05 Å². The molecule has 1 heterocycles. The molecule has 4 nitrogen and oxygen atoms in total. The van der Waals surface area contributed by atoms with Gasteiger partial charge in [0.15, 0.2) is 0 Å². The smallest absolute Gasteiger partial charge is 0.239 e. The van der Waals surface area contributed by atoms with Crippen molar-refractivity contribution in [2.75, 3.05) is 7.05 Å². The Balaban J connectivity index is 2.47. The maximum atomic E-state index is 11.7. The number of carbonyl (C=O) groups excluding carboxylic acids is 1. The third kappa shape index (κ3) is 3.09. The molecule has 1 amide bonds. The van der Waals surface area contributed by atoms with E-state index in [1.165, 1.54) is 0 Å². The zero-order chi connectivity index (χ0) is 11.5. The van der Waals surface area contributed by atoms with Crippen LogP contribution in [0.15, 0.2) is 18.5 Å². The van der Waals surface area contributed by atoms with Crippen LogP contribution in [-0.2, 0) is 18.4 Å². The van der Waals surface area contributed by atoms with Gasteiger partial charge in [-0.3, -0.25) is 4.79 Å². The van der Waals surface area contributed by atoms with Crippen molar-refractivity contribution in [2.45, 2.75) is 25.9 Å². The van der Waals surface area contributed by atoms with E-state index in [9.17, 15) is 4.79 Å². The molecule has 2 N–H and O–H groups in total. The molecule has 1 rings (SSSR count). The summed E-state index contributed by atoms with van der Waals surface area (Å²) in [5.74, 6) is 0.00820. The molecule has 15 heavy (non-hydrogen) atoms. The molecular formula is C11H19N3O. The Morgan fingerprint density at radius 1 is 1.53 bits per heavy atom. The largest absolute Gasteiger partial charge is 0.357 e. The quantitative estimate of drug-likeness (QED) is 0.764. The van der Waals surface area contributed by atoms with Gasteiger partial charge in [0.25, 0.3) is 0 Å². The van der Waals surface area contributed by atoms with Crippen LogP contribution in [0.2, 0.25) is 0 Å². The van der Waals surface area contributed by atoms with E-state index in [0.717, 1.165) is 5.56 Å². The summed E-state index contributed by atoms with van der Waals surface area (Å²) in [6.07, 6.45) is 3.96. The number of nitrogens with one attached hydrogen (secondary N) is 2. The van der Waals surface area contributed by atoms with Gasteiger partial charge in [0.2, 0.25) is 5.91 Å². The summed E-state index contributed by atoms with van der Waals surface area (Å²) in [6.45, 7) is 4.28. The van der Waals surface area contributed by atoms with Gasteiger partial charge in [0.1, 0.15) is 0 Å². The van der Waals surface area contributed by atoms with Crippen LogP contribution >= 0.6 is 0 Å². The number of aromatic nitrogens is 1. The topological polar surface area (TPSA) is 46.1 Å². The van der Waals surface area contributed by atoms with Crippen molar-refractivity contribution in [1.29, 1.82) is 0 Å². The van der Waals surface area contributed by atoms with E-state index in [2.05, 4.69) is 10.6 Å². The van der Waals surface area contributed by atoms with Gasteiger partial charge in [0.05, 0.1) is 5.54 Å². The molecule has 0 radical (unpaired) electrons. The predicted molar refractivity (Wildman–Crippen MR) is 60.4 cm³/mol. The number of aryl methyl sites for hydroxylation is 1. The van der Waals surface area contributed by atoms with E-state index in [4.69, 9.17) is 0 Å². The van der Waals surface area contributed by atoms with Crippen LogP contribution in [-0.4, -0.2) is 23.1 Å². The maximum absolute atomic E-state index is 11.7. The molecule has 0 fully saturated rings. The van der Waals surface area contributed by atoms with Crippen LogP contribution in [0, 0.1) is 0 Å². The minimum atomic E-state index is -0.519. The molecule has 0 aliphatic carbocycles. The molecule has 0 atom stereocenters. The van der Waals surface area contributed by atoms with Gasteiger partial charge in [-0.25, -0.2) is 0 Å². The molecule has 0 spiro atoms. The van der Waals surface area contributed by atoms with Crippen LogP contribution in [0.5, 0.6) is 0 Å². The molecule has 1 aromatic heterocycles. The summed E-state index contributed by atoms with van der Waals surface area (Å²) in [7, 11) is 3.74. The summed E-state index contributed by atoms with van der Waals surface area (Å²) in [5, 5.41) is 5.85. The fourth-order valence-electron chi connectivity index (χ4n) is 1.18. The van der Waals surface area contributed by atoms with Crippen LogP contribution in [0.25, 0.3) is 0 Å². The van der Waals surface area contributed by atoms with Crippen molar-refractivity contribution in [3.8, 4) is 0 Å². The summed E-state index contributed by atoms with van der Waals surface area (Å²) >= 11 is 0. The Bertz CT molecular complexity index is 341. The van der Waals surface area contributed by atoms with Gasteiger partial charge in [-0.15, -0.1) is 0 Å². The first kappa shape index (κ1) is 11.8. The Morgan fingerprint density at radius 3 is 2.67 bits per heavy atom. The molecular weight excluding hydrogens is 190 g/mol. The van der Waals surface area contributed by atoms with Crippen molar-refractivity contribution < 1.29 is 4.79 Å². The highest BCUT2D eigenvalue weighted by Crippen LogP contribution is 2.03. The SMILES string of the molecule is CNC(C)(C)C(=O)NCc1ccn(C)c1. The highest BCUT2D eigenvalue weighted by Gasteiger charge is 2.24. The maximum Gasteiger partial charge on any atom is 0.239 e. The first-order valence-electron chi connectivity index (χ1n) is 5.04. The van der Waals surface area contributed by atoms with E-state index < -0.39 is 5.54 Å². The van der Waals surface area contributed by atoms with E-state index in [0.29, 0.717) is 6.54 Å². The van der Waals surface area contributed by atoms with Gasteiger partial charge >= 0.3 is 0 Å². The number of nitrogens with zero attached hydrogens (tertiary/aromatic N) is 1. The number of hydrogen-bond donors (Lipinski definition) is 2.